The van der Waals surface area contributed by atoms with Crippen LogP contribution in [0.25, 0.3) is 44.3 Å². The molecule has 3 amide bonds. The number of urea groups is 1. The minimum Gasteiger partial charge on any atom is -0.493 e. The van der Waals surface area contributed by atoms with Crippen LogP contribution in [0.2, 0.25) is 0 Å². The zero-order valence-electron chi connectivity index (χ0n) is 73.9. The number of ether oxygens (including phenoxy) is 18. The van der Waals surface area contributed by atoms with Crippen molar-refractivity contribution >= 4 is 57.8 Å². The number of amides is 3. The molecule has 31 nitrogen and oxygen atoms in total. The van der Waals surface area contributed by atoms with Crippen molar-refractivity contribution in [2.24, 2.45) is 0 Å². The SMILES string of the molecule is COc1ccc2c(c1OC)C(=O)O[C@@H]2[C@H]1c2c(c(-c3ccc(NC(=O)Nc4ccccc4)cc3)c3c(c2OC)OCO3)CCN1C.COc1ccc2c(c1OC)C(=O)O[C@@H]2[C@H]1c2c(c(-c3ccc4[nH]ncc4c3)c3c(c2OC)OCO3)CCN1C.COc1ccc2c(c1OC)C(=O)O[C@@H]2[C@H]1c2c(c(-c3cccc(CC(=O)Nc4ccccc4)c3)c3c(c2OC)OCO3)CCN1C. The number of aromatic nitrogens is 2. The fraction of sp³-hybridized carbons (Fsp3) is 0.280. The number of anilines is 3. The molecule has 9 aliphatic heterocycles. The number of H-pyrrole nitrogens is 1. The van der Waals surface area contributed by atoms with Crippen LogP contribution < -0.4 is 87.0 Å². The second-order valence-electron chi connectivity index (χ2n) is 32.4. The lowest BCUT2D eigenvalue weighted by molar-refractivity contribution is -0.115. The Morgan fingerprint density at radius 2 is 0.748 bits per heavy atom. The molecular weight excluding hydrogens is 1680 g/mol. The number of fused-ring (bicyclic) bond motifs is 10. The molecule has 0 unspecified atom stereocenters. The summed E-state index contributed by atoms with van der Waals surface area (Å²) in [6.45, 7) is 2.28. The number of methoxy groups -OCH3 is 9. The first-order chi connectivity index (χ1) is 63.9. The second kappa shape index (κ2) is 35.5. The largest absolute Gasteiger partial charge is 0.493 e. The highest BCUT2D eigenvalue weighted by Gasteiger charge is 2.52. The normalized spacial score (nSPS) is 18.4. The summed E-state index contributed by atoms with van der Waals surface area (Å²) in [6, 6.07) is 49.8. The third-order valence-electron chi connectivity index (χ3n) is 25.5. The van der Waals surface area contributed by atoms with E-state index >= 15 is 0 Å². The summed E-state index contributed by atoms with van der Waals surface area (Å²) in [7, 11) is 20.0. The van der Waals surface area contributed by atoms with Gasteiger partial charge in [-0.05, 0) is 146 Å². The first-order valence-electron chi connectivity index (χ1n) is 42.6. The second-order valence-corrected chi connectivity index (χ2v) is 32.4. The number of aromatic amines is 1. The van der Waals surface area contributed by atoms with Gasteiger partial charge in [-0.15, -0.1) is 0 Å². The summed E-state index contributed by atoms with van der Waals surface area (Å²) in [5.74, 6) is 6.02. The zero-order valence-corrected chi connectivity index (χ0v) is 73.9. The van der Waals surface area contributed by atoms with Crippen LogP contribution in [-0.2, 0) is 44.7 Å². The van der Waals surface area contributed by atoms with Crippen molar-refractivity contribution in [3.63, 3.8) is 0 Å². The maximum absolute atomic E-state index is 13.4. The van der Waals surface area contributed by atoms with E-state index in [1.165, 1.54) is 35.5 Å². The summed E-state index contributed by atoms with van der Waals surface area (Å²) in [6.07, 6.45) is 2.21. The lowest BCUT2D eigenvalue weighted by Gasteiger charge is -2.39. The van der Waals surface area contributed by atoms with Crippen LogP contribution in [0.1, 0.15) is 123 Å². The average Bonchev–Trinajstić information content (AvgIpc) is 1.65. The Bertz CT molecular complexity index is 6550. The van der Waals surface area contributed by atoms with Gasteiger partial charge in [0.2, 0.25) is 43.5 Å². The molecule has 131 heavy (non-hydrogen) atoms. The van der Waals surface area contributed by atoms with Crippen molar-refractivity contribution in [1.82, 2.24) is 24.9 Å². The summed E-state index contributed by atoms with van der Waals surface area (Å²) in [5.41, 5.74) is 18.3. The highest BCUT2D eigenvalue weighted by Crippen LogP contribution is 2.64. The van der Waals surface area contributed by atoms with E-state index in [1.807, 2.05) is 155 Å². The highest BCUT2D eigenvalue weighted by molar-refractivity contribution is 6.02. The molecule has 10 heterocycles. The van der Waals surface area contributed by atoms with Crippen LogP contribution in [0.15, 0.2) is 170 Å². The Hall–Kier alpha value is -15.1. The molecule has 0 saturated carbocycles. The maximum atomic E-state index is 13.4. The van der Waals surface area contributed by atoms with Gasteiger partial charge in [0.05, 0.1) is 100 Å². The molecule has 1 aromatic heterocycles. The fourth-order valence-electron chi connectivity index (χ4n) is 19.8. The van der Waals surface area contributed by atoms with E-state index in [0.717, 1.165) is 107 Å². The molecule has 0 bridgehead atoms. The van der Waals surface area contributed by atoms with E-state index in [9.17, 15) is 24.0 Å². The van der Waals surface area contributed by atoms with E-state index in [1.54, 1.807) is 52.8 Å². The lowest BCUT2D eigenvalue weighted by atomic mass is 9.81. The highest BCUT2D eigenvalue weighted by atomic mass is 16.7. The quantitative estimate of drug-likeness (QED) is 0.0407. The maximum Gasteiger partial charge on any atom is 0.343 e. The number of para-hydroxylation sites is 2. The number of nitrogens with zero attached hydrogens (tertiary/aromatic N) is 4. The molecule has 4 N–H and O–H groups in total. The topological polar surface area (TPSA) is 326 Å². The monoisotopic (exact) mass is 1770 g/mol. The fourth-order valence-corrected chi connectivity index (χ4v) is 19.8. The Balaban J connectivity index is 0.000000128. The van der Waals surface area contributed by atoms with Crippen molar-refractivity contribution in [2.45, 2.75) is 62.1 Å². The molecule has 0 fully saturated rings. The van der Waals surface area contributed by atoms with Gasteiger partial charge in [0.25, 0.3) is 0 Å². The number of benzene rings is 11. The van der Waals surface area contributed by atoms with Gasteiger partial charge in [-0.2, -0.15) is 5.10 Å². The van der Waals surface area contributed by atoms with Crippen molar-refractivity contribution in [1.29, 1.82) is 0 Å². The third kappa shape index (κ3) is 14.9. The number of rotatable bonds is 20. The zero-order chi connectivity index (χ0) is 90.7. The van der Waals surface area contributed by atoms with Crippen LogP contribution in [0, 0.1) is 0 Å². The van der Waals surface area contributed by atoms with Crippen LogP contribution in [0.5, 0.6) is 86.2 Å². The summed E-state index contributed by atoms with van der Waals surface area (Å²) < 4.78 is 106. The number of hydrogen-bond acceptors (Lipinski definition) is 27. The van der Waals surface area contributed by atoms with E-state index in [-0.39, 0.29) is 44.8 Å². The van der Waals surface area contributed by atoms with Crippen LogP contribution in [-0.4, -0.2) is 180 Å². The number of cyclic esters (lactones) is 3. The number of carbonyl (C=O) groups is 5. The Labute approximate surface area is 753 Å². The molecule has 0 radical (unpaired) electrons. The minimum absolute atomic E-state index is 0.0412. The average molecular weight is 1780 g/mol. The summed E-state index contributed by atoms with van der Waals surface area (Å²) in [5, 5.41) is 16.9. The van der Waals surface area contributed by atoms with Crippen molar-refractivity contribution in [3.05, 3.63) is 242 Å². The molecule has 672 valence electrons. The standard InChI is InChI=1S/C36H34N2O8.C35H33N3O8.C29H27N3O7/c1-38-16-15-23-27(21-10-8-9-20(17-21)18-26(39)37-22-11-6-5-7-12-22)34-35(45-19-44-34)33(43-4)28(23)30(38)31-24-13-14-25(41-2)32(42-3)29(24)36(40)46-31;1-38-17-16-22-25(19-10-12-21(13-11-19)37-35(40)36-20-8-6-5-7-9-20)32-33(45-18-44-32)31(43-4)26(22)28(38)29-23-14-15-24(41-2)30(42-3)27(23)34(39)46-29;1-32-10-9-16-20(14-5-7-18-15(11-14)12-30-31-18)27-28(38-13-37-27)26(36-4)21(16)23(32)24-17-6-8-19(34-2)25(35-3)22(17)29(33)39-24/h5-14,17,30-31H,15-16,18-19H2,1-4H3,(H,37,39);5-15,28-29H,16-18H2,1-4H3,(H2,36,37,40);5-8,11-12,23-24H,9-10,13H2,1-4H3,(H,30,31)/t30-,31+;28-,29+;23-,24+/m111/s1. The van der Waals surface area contributed by atoms with E-state index in [2.05, 4.69) is 53.0 Å². The Morgan fingerprint density at radius 3 is 1.15 bits per heavy atom. The molecule has 31 heteroatoms. The first-order valence-corrected chi connectivity index (χ1v) is 42.6. The number of nitrogens with one attached hydrogen (secondary N) is 4. The number of esters is 3. The molecule has 9 aliphatic rings. The van der Waals surface area contributed by atoms with E-state index in [0.29, 0.717) is 151 Å². The van der Waals surface area contributed by atoms with E-state index < -0.39 is 48.3 Å². The van der Waals surface area contributed by atoms with Crippen LogP contribution in [0.4, 0.5) is 21.9 Å². The molecule has 0 spiro atoms. The molecule has 0 aliphatic carbocycles. The van der Waals surface area contributed by atoms with Crippen LogP contribution >= 0.6 is 0 Å². The molecule has 6 atom stereocenters. The van der Waals surface area contributed by atoms with Gasteiger partial charge in [-0.1, -0.05) is 97.1 Å². The predicted molar refractivity (Wildman–Crippen MR) is 482 cm³/mol. The molecule has 12 aromatic rings. The number of likely N-dealkylation sites (N-methyl/N-ethyl adjacent to an activating group) is 3. The molecule has 11 aromatic carbocycles. The number of carbonyl (C=O) groups excluding carboxylic acids is 5. The summed E-state index contributed by atoms with van der Waals surface area (Å²) >= 11 is 0. The Kier molecular flexibility index (Phi) is 23.1. The first kappa shape index (κ1) is 85.4. The van der Waals surface area contributed by atoms with Crippen LogP contribution in [0.3, 0.4) is 0 Å². The van der Waals surface area contributed by atoms with Gasteiger partial charge in [0.1, 0.15) is 35.0 Å². The third-order valence-corrected chi connectivity index (χ3v) is 25.5. The van der Waals surface area contributed by atoms with Gasteiger partial charge in [0, 0.05) is 92.2 Å². The molecule has 0 saturated heterocycles. The van der Waals surface area contributed by atoms with Crippen molar-refractivity contribution in [2.75, 3.05) is 141 Å². The Morgan fingerprint density at radius 1 is 0.382 bits per heavy atom. The number of hydrogen-bond donors (Lipinski definition) is 4. The van der Waals surface area contributed by atoms with Gasteiger partial charge < -0.3 is 101 Å². The molecule has 21 rings (SSSR count). The van der Waals surface area contributed by atoms with Gasteiger partial charge in [0.15, 0.2) is 69.0 Å². The minimum atomic E-state index is -0.651. The van der Waals surface area contributed by atoms with E-state index in [4.69, 9.17) is 85.3 Å². The van der Waals surface area contributed by atoms with Gasteiger partial charge >= 0.3 is 23.9 Å². The van der Waals surface area contributed by atoms with Gasteiger partial charge in [-0.3, -0.25) is 24.6 Å². The molecular formula is C100H94N8O23. The predicted octanol–water partition coefficient (Wildman–Crippen LogP) is 16.3. The van der Waals surface area contributed by atoms with Gasteiger partial charge in [-0.25, -0.2) is 19.2 Å². The van der Waals surface area contributed by atoms with Crippen molar-refractivity contribution in [3.8, 4) is 120 Å². The summed E-state index contributed by atoms with van der Waals surface area (Å²) in [4.78, 5) is 72.0. The van der Waals surface area contributed by atoms with Crippen molar-refractivity contribution < 1.29 is 109 Å². The lowest BCUT2D eigenvalue weighted by Crippen LogP contribution is -2.36. The smallest absolute Gasteiger partial charge is 0.343 e.